The van der Waals surface area contributed by atoms with Crippen molar-refractivity contribution in [3.05, 3.63) is 51.3 Å². The van der Waals surface area contributed by atoms with Crippen molar-refractivity contribution in [2.24, 2.45) is 5.73 Å². The van der Waals surface area contributed by atoms with Crippen molar-refractivity contribution < 1.29 is 4.79 Å². The van der Waals surface area contributed by atoms with Gasteiger partial charge in [0.2, 0.25) is 0 Å². The van der Waals surface area contributed by atoms with E-state index in [9.17, 15) is 4.79 Å². The van der Waals surface area contributed by atoms with Crippen molar-refractivity contribution in [1.82, 2.24) is 14.7 Å². The molecular formula is C18H23BrN4O. The van der Waals surface area contributed by atoms with Crippen LogP contribution in [0.15, 0.2) is 28.7 Å². The molecule has 1 amide bonds. The van der Waals surface area contributed by atoms with Gasteiger partial charge in [-0.1, -0.05) is 28.1 Å². The van der Waals surface area contributed by atoms with E-state index in [2.05, 4.69) is 33.2 Å². The number of aryl methyl sites for hydroxylation is 1. The van der Waals surface area contributed by atoms with Gasteiger partial charge in [0, 0.05) is 29.3 Å². The lowest BCUT2D eigenvalue weighted by Crippen LogP contribution is -2.43. The number of nitrogens with two attached hydrogens (primary N) is 1. The number of benzene rings is 1. The van der Waals surface area contributed by atoms with Gasteiger partial charge in [0.15, 0.2) is 0 Å². The summed E-state index contributed by atoms with van der Waals surface area (Å²) in [6, 6.07) is 8.36. The lowest BCUT2D eigenvalue weighted by molar-refractivity contribution is 0.0713. The van der Waals surface area contributed by atoms with Crippen LogP contribution in [0.5, 0.6) is 0 Å². The Bertz CT molecular complexity index is 747. The summed E-state index contributed by atoms with van der Waals surface area (Å²) in [5, 5.41) is 4.60. The molecule has 24 heavy (non-hydrogen) atoms. The Hall–Kier alpha value is -1.66. The molecule has 128 valence electrons. The van der Waals surface area contributed by atoms with E-state index in [1.54, 1.807) is 0 Å². The summed E-state index contributed by atoms with van der Waals surface area (Å²) < 4.78 is 2.96. The molecule has 0 bridgehead atoms. The average Bonchev–Trinajstić information content (AvgIpc) is 2.81. The first-order valence-corrected chi connectivity index (χ1v) is 9.08. The van der Waals surface area contributed by atoms with Gasteiger partial charge < -0.3 is 10.6 Å². The number of hydrogen-bond acceptors (Lipinski definition) is 3. The second-order valence-corrected chi connectivity index (χ2v) is 7.38. The van der Waals surface area contributed by atoms with Gasteiger partial charge in [-0.2, -0.15) is 5.10 Å². The summed E-state index contributed by atoms with van der Waals surface area (Å²) in [5.74, 6) is 0.0809. The van der Waals surface area contributed by atoms with Crippen LogP contribution in [0.2, 0.25) is 0 Å². The summed E-state index contributed by atoms with van der Waals surface area (Å²) >= 11 is 3.49. The number of aromatic nitrogens is 2. The van der Waals surface area contributed by atoms with Gasteiger partial charge in [0.1, 0.15) is 0 Å². The van der Waals surface area contributed by atoms with E-state index in [0.717, 1.165) is 52.9 Å². The second-order valence-electron chi connectivity index (χ2n) is 6.46. The van der Waals surface area contributed by atoms with Crippen LogP contribution in [-0.4, -0.2) is 39.7 Å². The highest BCUT2D eigenvalue weighted by Crippen LogP contribution is 2.20. The van der Waals surface area contributed by atoms with E-state index in [-0.39, 0.29) is 11.9 Å². The minimum absolute atomic E-state index is 0.0809. The first-order chi connectivity index (χ1) is 11.5. The fourth-order valence-corrected chi connectivity index (χ4v) is 3.68. The molecule has 5 nitrogen and oxygen atoms in total. The van der Waals surface area contributed by atoms with E-state index in [1.165, 1.54) is 0 Å². The highest BCUT2D eigenvalue weighted by molar-refractivity contribution is 9.10. The van der Waals surface area contributed by atoms with Crippen LogP contribution in [-0.2, 0) is 6.54 Å². The number of likely N-dealkylation sites (tertiary alicyclic amines) is 1. The maximum Gasteiger partial charge on any atom is 0.257 e. The smallest absolute Gasteiger partial charge is 0.257 e. The fraction of sp³-hybridized carbons (Fsp3) is 0.444. The number of hydrogen-bond donors (Lipinski definition) is 1. The molecule has 1 aromatic heterocycles. The summed E-state index contributed by atoms with van der Waals surface area (Å²) in [6.45, 7) is 6.00. The molecule has 0 spiro atoms. The number of carbonyl (C=O) groups is 1. The fourth-order valence-electron chi connectivity index (χ4n) is 3.23. The quantitative estimate of drug-likeness (QED) is 0.875. The van der Waals surface area contributed by atoms with E-state index in [4.69, 9.17) is 5.73 Å². The Balaban J connectivity index is 1.82. The third-order valence-corrected chi connectivity index (χ3v) is 5.14. The van der Waals surface area contributed by atoms with Gasteiger partial charge in [0.25, 0.3) is 5.91 Å². The average molecular weight is 391 g/mol. The first kappa shape index (κ1) is 17.2. The molecule has 3 rings (SSSR count). The monoisotopic (exact) mass is 390 g/mol. The Labute approximate surface area is 151 Å². The third kappa shape index (κ3) is 3.54. The summed E-state index contributed by atoms with van der Waals surface area (Å²) in [6.07, 6.45) is 1.74. The molecule has 6 heteroatoms. The van der Waals surface area contributed by atoms with Crippen LogP contribution >= 0.6 is 15.9 Å². The van der Waals surface area contributed by atoms with Crippen molar-refractivity contribution in [3.8, 4) is 0 Å². The normalized spacial score (nSPS) is 15.8. The van der Waals surface area contributed by atoms with Gasteiger partial charge in [-0.15, -0.1) is 0 Å². The third-order valence-electron chi connectivity index (χ3n) is 4.64. The Morgan fingerprint density at radius 2 is 2.04 bits per heavy atom. The van der Waals surface area contributed by atoms with Crippen LogP contribution in [0.1, 0.15) is 40.2 Å². The molecule has 2 heterocycles. The predicted octanol–water partition coefficient (Wildman–Crippen LogP) is 2.87. The van der Waals surface area contributed by atoms with Crippen LogP contribution < -0.4 is 5.73 Å². The Kier molecular flexibility index (Phi) is 5.06. The Morgan fingerprint density at radius 1 is 1.33 bits per heavy atom. The number of halogens is 1. The molecular weight excluding hydrogens is 368 g/mol. The highest BCUT2D eigenvalue weighted by Gasteiger charge is 2.26. The minimum Gasteiger partial charge on any atom is -0.338 e. The molecule has 1 saturated heterocycles. The molecule has 0 unspecified atom stereocenters. The van der Waals surface area contributed by atoms with Gasteiger partial charge >= 0.3 is 0 Å². The zero-order valence-corrected chi connectivity index (χ0v) is 15.7. The van der Waals surface area contributed by atoms with Gasteiger partial charge in [-0.25, -0.2) is 0 Å². The molecule has 1 fully saturated rings. The molecule has 2 N–H and O–H groups in total. The molecule has 0 aliphatic carbocycles. The van der Waals surface area contributed by atoms with Gasteiger partial charge in [-0.05, 0) is 44.4 Å². The highest BCUT2D eigenvalue weighted by atomic mass is 79.9. The number of rotatable bonds is 3. The number of piperidine rings is 1. The zero-order valence-electron chi connectivity index (χ0n) is 14.1. The summed E-state index contributed by atoms with van der Waals surface area (Å²) in [7, 11) is 0. The molecule has 2 aromatic rings. The van der Waals surface area contributed by atoms with Crippen LogP contribution in [0.3, 0.4) is 0 Å². The summed E-state index contributed by atoms with van der Waals surface area (Å²) in [4.78, 5) is 14.8. The standard InChI is InChI=1S/C18H23BrN4O/c1-12-17(18(24)22-8-6-16(20)7-9-22)13(2)23(21-12)11-14-4-3-5-15(19)10-14/h3-5,10,16H,6-9,11,20H2,1-2H3. The zero-order chi connectivity index (χ0) is 17.3. The van der Waals surface area contributed by atoms with E-state index >= 15 is 0 Å². The van der Waals surface area contributed by atoms with E-state index < -0.39 is 0 Å². The van der Waals surface area contributed by atoms with Crippen LogP contribution in [0, 0.1) is 13.8 Å². The molecule has 0 radical (unpaired) electrons. The molecule has 1 aromatic carbocycles. The lowest BCUT2D eigenvalue weighted by atomic mass is 10.0. The Morgan fingerprint density at radius 3 is 2.71 bits per heavy atom. The van der Waals surface area contributed by atoms with Crippen molar-refractivity contribution in [2.75, 3.05) is 13.1 Å². The van der Waals surface area contributed by atoms with Crippen molar-refractivity contribution in [3.63, 3.8) is 0 Å². The van der Waals surface area contributed by atoms with Crippen molar-refractivity contribution in [1.29, 1.82) is 0 Å². The van der Waals surface area contributed by atoms with E-state index in [0.29, 0.717) is 6.54 Å². The number of amides is 1. The van der Waals surface area contributed by atoms with Crippen molar-refractivity contribution in [2.45, 2.75) is 39.3 Å². The SMILES string of the molecule is Cc1nn(Cc2cccc(Br)c2)c(C)c1C(=O)N1CCC(N)CC1. The number of nitrogens with zero attached hydrogens (tertiary/aromatic N) is 3. The molecule has 0 atom stereocenters. The maximum atomic E-state index is 12.9. The lowest BCUT2D eigenvalue weighted by Gasteiger charge is -2.30. The maximum absolute atomic E-state index is 12.9. The van der Waals surface area contributed by atoms with Crippen LogP contribution in [0.25, 0.3) is 0 Å². The first-order valence-electron chi connectivity index (χ1n) is 8.29. The predicted molar refractivity (Wildman–Crippen MR) is 98.1 cm³/mol. The molecule has 0 saturated carbocycles. The van der Waals surface area contributed by atoms with E-state index in [1.807, 2.05) is 35.6 Å². The van der Waals surface area contributed by atoms with Crippen LogP contribution in [0.4, 0.5) is 0 Å². The van der Waals surface area contributed by atoms with Gasteiger partial charge in [-0.3, -0.25) is 9.48 Å². The number of carbonyl (C=O) groups excluding carboxylic acids is 1. The minimum atomic E-state index is 0.0809. The van der Waals surface area contributed by atoms with Gasteiger partial charge in [0.05, 0.1) is 17.8 Å². The second kappa shape index (κ2) is 7.07. The summed E-state index contributed by atoms with van der Waals surface area (Å²) in [5.41, 5.74) is 9.54. The largest absolute Gasteiger partial charge is 0.338 e. The van der Waals surface area contributed by atoms with Crippen molar-refractivity contribution >= 4 is 21.8 Å². The topological polar surface area (TPSA) is 64.2 Å². The molecule has 1 aliphatic heterocycles. The molecule has 1 aliphatic rings.